The van der Waals surface area contributed by atoms with Crippen LogP contribution in [0.25, 0.3) is 0 Å². The fraction of sp³-hybridized carbons (Fsp3) is 1.00. The molecule has 42 valence electrons. The molecule has 0 N–H and O–H groups in total. The van der Waals surface area contributed by atoms with Crippen LogP contribution in [0.4, 0.5) is 0 Å². The Morgan fingerprint density at radius 2 is 1.75 bits per heavy atom. The van der Waals surface area contributed by atoms with Gasteiger partial charge in [0.15, 0.2) is 0 Å². The molecule has 8 heavy (non-hydrogen) atoms. The molecule has 0 saturated heterocycles. The van der Waals surface area contributed by atoms with Crippen molar-refractivity contribution in [2.24, 2.45) is 5.92 Å². The van der Waals surface area contributed by atoms with Crippen molar-refractivity contribution in [1.29, 1.82) is 0 Å². The van der Waals surface area contributed by atoms with Crippen LogP contribution < -0.4 is 0 Å². The molecular formula is C7H13Hg+. The van der Waals surface area contributed by atoms with Crippen molar-refractivity contribution < 1.29 is 26.1 Å². The molecule has 0 amide bonds. The van der Waals surface area contributed by atoms with Gasteiger partial charge in [0.1, 0.15) is 0 Å². The Kier molecular flexibility index (Phi) is 3.41. The van der Waals surface area contributed by atoms with Crippen LogP contribution in [0, 0.1) is 5.92 Å². The summed E-state index contributed by atoms with van der Waals surface area (Å²) in [7, 11) is 0. The third kappa shape index (κ3) is 2.04. The zero-order valence-electron chi connectivity index (χ0n) is 5.53. The first-order valence-electron chi connectivity index (χ1n) is 3.72. The predicted molar refractivity (Wildman–Crippen MR) is 31.4 cm³/mol. The van der Waals surface area contributed by atoms with E-state index in [9.17, 15) is 0 Å². The molecule has 0 nitrogen and oxygen atoms in total. The average molecular weight is 298 g/mol. The van der Waals surface area contributed by atoms with Gasteiger partial charge in [-0.05, 0) is 0 Å². The third-order valence-corrected chi connectivity index (χ3v) is 5.31. The molecule has 1 rings (SSSR count). The van der Waals surface area contributed by atoms with E-state index in [1.54, 1.807) is 16.8 Å². The van der Waals surface area contributed by atoms with E-state index in [0.717, 1.165) is 26.1 Å². The van der Waals surface area contributed by atoms with Gasteiger partial charge in [-0.2, -0.15) is 0 Å². The molecule has 1 aliphatic carbocycles. The normalized spacial score (nSPS) is 23.8. The van der Waals surface area contributed by atoms with Crippen LogP contribution >= 0.6 is 0 Å². The van der Waals surface area contributed by atoms with E-state index < -0.39 is 0 Å². The van der Waals surface area contributed by atoms with E-state index in [1.807, 2.05) is 0 Å². The van der Waals surface area contributed by atoms with Crippen LogP contribution in [0.5, 0.6) is 0 Å². The topological polar surface area (TPSA) is 0 Å². The first-order valence-corrected chi connectivity index (χ1v) is 7.61. The Morgan fingerprint density at radius 3 is 2.12 bits per heavy atom. The summed E-state index contributed by atoms with van der Waals surface area (Å²) in [6.07, 6.45) is 7.70. The van der Waals surface area contributed by atoms with E-state index in [4.69, 9.17) is 0 Å². The van der Waals surface area contributed by atoms with Crippen molar-refractivity contribution in [1.82, 2.24) is 0 Å². The monoisotopic (exact) mass is 299 g/mol. The maximum absolute atomic E-state index is 1.61. The summed E-state index contributed by atoms with van der Waals surface area (Å²) in [4.78, 5) is 0. The first kappa shape index (κ1) is 7.05. The van der Waals surface area contributed by atoms with Crippen molar-refractivity contribution in [3.8, 4) is 0 Å². The molecule has 0 radical (unpaired) electrons. The van der Waals surface area contributed by atoms with Crippen LogP contribution in [0.15, 0.2) is 0 Å². The zero-order chi connectivity index (χ0) is 5.82. The molecule has 0 spiro atoms. The van der Waals surface area contributed by atoms with Crippen LogP contribution in [0.1, 0.15) is 32.1 Å². The molecule has 1 fully saturated rings. The zero-order valence-corrected chi connectivity index (χ0v) is 11.0. The SMILES string of the molecule is [Hg+][CH2]C1CCCCC1. The quantitative estimate of drug-likeness (QED) is 0.653. The van der Waals surface area contributed by atoms with E-state index in [-0.39, 0.29) is 0 Å². The summed E-state index contributed by atoms with van der Waals surface area (Å²) < 4.78 is 1.61. The second kappa shape index (κ2) is 3.87. The van der Waals surface area contributed by atoms with Crippen molar-refractivity contribution in [3.05, 3.63) is 0 Å². The molecule has 0 aromatic heterocycles. The molecule has 1 saturated carbocycles. The Hall–Kier alpha value is 0.935. The summed E-state index contributed by atoms with van der Waals surface area (Å²) in [5.41, 5.74) is 0. The summed E-state index contributed by atoms with van der Waals surface area (Å²) in [6.45, 7) is 0. The van der Waals surface area contributed by atoms with Crippen molar-refractivity contribution >= 4 is 0 Å². The Bertz CT molecular complexity index is 55.4. The molecule has 0 atom stereocenters. The Labute approximate surface area is 68.0 Å². The Morgan fingerprint density at radius 1 is 1.12 bits per heavy atom. The van der Waals surface area contributed by atoms with Crippen LogP contribution in [0.2, 0.25) is 3.93 Å². The van der Waals surface area contributed by atoms with Gasteiger partial charge in [-0.25, -0.2) is 0 Å². The number of hydrogen-bond donors (Lipinski definition) is 0. The number of rotatable bonds is 1. The van der Waals surface area contributed by atoms with Gasteiger partial charge in [-0.1, -0.05) is 0 Å². The average Bonchev–Trinajstić information content (AvgIpc) is 1.90. The molecule has 1 heteroatoms. The first-order chi connectivity index (χ1) is 3.93. The van der Waals surface area contributed by atoms with Crippen molar-refractivity contribution in [2.45, 2.75) is 36.0 Å². The second-order valence-corrected chi connectivity index (χ2v) is 5.04. The van der Waals surface area contributed by atoms with Gasteiger partial charge in [0.05, 0.1) is 0 Å². The van der Waals surface area contributed by atoms with Gasteiger partial charge < -0.3 is 0 Å². The summed E-state index contributed by atoms with van der Waals surface area (Å²) in [5, 5.41) is 0. The molecule has 0 unspecified atom stereocenters. The molecular weight excluding hydrogens is 285 g/mol. The van der Waals surface area contributed by atoms with Gasteiger partial charge in [0, 0.05) is 0 Å². The summed E-state index contributed by atoms with van der Waals surface area (Å²) >= 11 is 1.08. The van der Waals surface area contributed by atoms with Crippen molar-refractivity contribution in [2.75, 3.05) is 0 Å². The van der Waals surface area contributed by atoms with Crippen LogP contribution in [0.3, 0.4) is 0 Å². The van der Waals surface area contributed by atoms with Gasteiger partial charge in [0.2, 0.25) is 0 Å². The molecule has 0 aliphatic heterocycles. The predicted octanol–water partition coefficient (Wildman–Crippen LogP) is 2.53. The van der Waals surface area contributed by atoms with Gasteiger partial charge in [-0.3, -0.25) is 0 Å². The molecule has 0 aromatic carbocycles. The molecule has 1 aliphatic rings. The Balaban J connectivity index is 2.13. The number of hydrogen-bond acceptors (Lipinski definition) is 0. The minimum atomic E-state index is 1.08. The van der Waals surface area contributed by atoms with E-state index in [2.05, 4.69) is 0 Å². The van der Waals surface area contributed by atoms with E-state index >= 15 is 0 Å². The maximum atomic E-state index is 1.61. The van der Waals surface area contributed by atoms with Gasteiger partial charge in [-0.15, -0.1) is 0 Å². The van der Waals surface area contributed by atoms with Gasteiger partial charge in [0.25, 0.3) is 0 Å². The van der Waals surface area contributed by atoms with E-state index in [1.165, 1.54) is 25.2 Å². The van der Waals surface area contributed by atoms with Crippen molar-refractivity contribution in [3.63, 3.8) is 0 Å². The molecule has 0 aromatic rings. The summed E-state index contributed by atoms with van der Waals surface area (Å²) in [6, 6.07) is 0. The van der Waals surface area contributed by atoms with Crippen LogP contribution in [-0.4, -0.2) is 0 Å². The summed E-state index contributed by atoms with van der Waals surface area (Å²) in [5.74, 6) is 1.17. The fourth-order valence-corrected chi connectivity index (χ4v) is 3.72. The molecule has 0 bridgehead atoms. The molecule has 0 heterocycles. The second-order valence-electron chi connectivity index (χ2n) is 2.79. The van der Waals surface area contributed by atoms with E-state index in [0.29, 0.717) is 0 Å². The van der Waals surface area contributed by atoms with Crippen LogP contribution in [-0.2, 0) is 26.1 Å². The minimum absolute atomic E-state index is 1.08. The third-order valence-electron chi connectivity index (χ3n) is 2.13. The fourth-order valence-electron chi connectivity index (χ4n) is 1.48. The van der Waals surface area contributed by atoms with Gasteiger partial charge >= 0.3 is 68.1 Å². The standard InChI is InChI=1S/C7H13.Hg/c1-7-5-3-2-4-6-7;/h7H,1-6H2;/q;+1.